The summed E-state index contributed by atoms with van der Waals surface area (Å²) in [6, 6.07) is 0. The Bertz CT molecular complexity index is 752. The molecule has 6 heteroatoms. The molecule has 1 atom stereocenters. The van der Waals surface area contributed by atoms with Crippen molar-refractivity contribution in [3.05, 3.63) is 26.6 Å². The van der Waals surface area contributed by atoms with E-state index in [-0.39, 0.29) is 11.2 Å². The lowest BCUT2D eigenvalue weighted by Gasteiger charge is -2.39. The molecule has 1 unspecified atom stereocenters. The highest BCUT2D eigenvalue weighted by atomic mass is 32.1. The van der Waals surface area contributed by atoms with Gasteiger partial charge in [-0.15, -0.1) is 11.3 Å². The third kappa shape index (κ3) is 2.83. The van der Waals surface area contributed by atoms with Gasteiger partial charge in [0, 0.05) is 18.0 Å². The molecule has 1 fully saturated rings. The number of nitrogens with one attached hydrogen (secondary N) is 1. The van der Waals surface area contributed by atoms with Gasteiger partial charge in [0.25, 0.3) is 5.56 Å². The fraction of sp³-hybridized carbons (Fsp3) is 0.625. The third-order valence-electron chi connectivity index (χ3n) is 4.63. The van der Waals surface area contributed by atoms with Gasteiger partial charge in [0.05, 0.1) is 24.1 Å². The van der Waals surface area contributed by atoms with Gasteiger partial charge >= 0.3 is 0 Å². The summed E-state index contributed by atoms with van der Waals surface area (Å²) in [5, 5.41) is 0.742. The maximum absolute atomic E-state index is 12.3. The largest absolute Gasteiger partial charge is 0.373 e. The smallest absolute Gasteiger partial charge is 0.259 e. The molecule has 1 aliphatic heterocycles. The fourth-order valence-electron chi connectivity index (χ4n) is 2.95. The first-order chi connectivity index (χ1) is 10.4. The summed E-state index contributed by atoms with van der Waals surface area (Å²) in [6.07, 6.45) is 0.982. The fourth-order valence-corrected chi connectivity index (χ4v) is 4.00. The molecule has 22 heavy (non-hydrogen) atoms. The summed E-state index contributed by atoms with van der Waals surface area (Å²) in [6.45, 7) is 11.5. The topological polar surface area (TPSA) is 58.2 Å². The first kappa shape index (κ1) is 15.6. The molecule has 2 aromatic heterocycles. The number of rotatable bonds is 3. The van der Waals surface area contributed by atoms with Gasteiger partial charge < -0.3 is 9.72 Å². The van der Waals surface area contributed by atoms with E-state index < -0.39 is 0 Å². The molecule has 0 spiro atoms. The number of hydrogen-bond donors (Lipinski definition) is 1. The number of morpholine rings is 1. The molecule has 5 nitrogen and oxygen atoms in total. The lowest BCUT2D eigenvalue weighted by atomic mass is 10.0. The van der Waals surface area contributed by atoms with E-state index in [9.17, 15) is 4.79 Å². The van der Waals surface area contributed by atoms with Crippen molar-refractivity contribution in [2.24, 2.45) is 0 Å². The Morgan fingerprint density at radius 2 is 2.23 bits per heavy atom. The molecule has 0 radical (unpaired) electrons. The Labute approximate surface area is 134 Å². The molecule has 0 aromatic carbocycles. The van der Waals surface area contributed by atoms with E-state index in [1.54, 1.807) is 11.3 Å². The summed E-state index contributed by atoms with van der Waals surface area (Å²) < 4.78 is 5.86. The van der Waals surface area contributed by atoms with Crippen LogP contribution in [0.5, 0.6) is 0 Å². The van der Waals surface area contributed by atoms with E-state index in [4.69, 9.17) is 4.74 Å². The van der Waals surface area contributed by atoms with Crippen LogP contribution < -0.4 is 5.56 Å². The van der Waals surface area contributed by atoms with E-state index in [0.717, 1.165) is 52.6 Å². The second-order valence-corrected chi connectivity index (χ2v) is 7.54. The van der Waals surface area contributed by atoms with Gasteiger partial charge in [-0.1, -0.05) is 6.92 Å². The van der Waals surface area contributed by atoms with Crippen LogP contribution in [-0.4, -0.2) is 40.2 Å². The van der Waals surface area contributed by atoms with Gasteiger partial charge in [0.2, 0.25) is 0 Å². The Morgan fingerprint density at radius 3 is 2.95 bits per heavy atom. The van der Waals surface area contributed by atoms with E-state index in [2.05, 4.69) is 28.7 Å². The lowest BCUT2D eigenvalue weighted by molar-refractivity contribution is -0.102. The summed E-state index contributed by atoms with van der Waals surface area (Å²) in [4.78, 5) is 24.3. The van der Waals surface area contributed by atoms with Gasteiger partial charge in [0.1, 0.15) is 10.7 Å². The summed E-state index contributed by atoms with van der Waals surface area (Å²) >= 11 is 1.60. The summed E-state index contributed by atoms with van der Waals surface area (Å²) in [5.41, 5.74) is 0.928. The van der Waals surface area contributed by atoms with Gasteiger partial charge in [-0.25, -0.2) is 4.98 Å². The van der Waals surface area contributed by atoms with Crippen molar-refractivity contribution < 1.29 is 4.74 Å². The first-order valence-electron chi connectivity index (χ1n) is 7.77. The number of aromatic nitrogens is 2. The zero-order chi connectivity index (χ0) is 15.9. The molecule has 120 valence electrons. The zero-order valence-electron chi connectivity index (χ0n) is 13.7. The van der Waals surface area contributed by atoms with Gasteiger partial charge in [-0.05, 0) is 32.8 Å². The van der Waals surface area contributed by atoms with E-state index >= 15 is 0 Å². The highest BCUT2D eigenvalue weighted by Gasteiger charge is 2.30. The van der Waals surface area contributed by atoms with Crippen LogP contribution in [0.25, 0.3) is 10.2 Å². The quantitative estimate of drug-likeness (QED) is 0.944. The Kier molecular flexibility index (Phi) is 4.09. The van der Waals surface area contributed by atoms with Crippen LogP contribution in [0.15, 0.2) is 4.79 Å². The number of thiophene rings is 1. The maximum atomic E-state index is 12.3. The van der Waals surface area contributed by atoms with Crippen molar-refractivity contribution in [1.82, 2.24) is 14.9 Å². The van der Waals surface area contributed by atoms with Crippen molar-refractivity contribution in [3.8, 4) is 0 Å². The molecule has 3 rings (SSSR count). The average Bonchev–Trinajstić information content (AvgIpc) is 2.74. The van der Waals surface area contributed by atoms with Crippen LogP contribution in [0.2, 0.25) is 0 Å². The van der Waals surface area contributed by atoms with Crippen molar-refractivity contribution in [2.75, 3.05) is 19.7 Å². The minimum Gasteiger partial charge on any atom is -0.373 e. The van der Waals surface area contributed by atoms with Gasteiger partial charge in [0.15, 0.2) is 0 Å². The molecule has 1 saturated heterocycles. The van der Waals surface area contributed by atoms with Crippen LogP contribution in [0.1, 0.15) is 36.5 Å². The van der Waals surface area contributed by atoms with Crippen molar-refractivity contribution in [2.45, 2.75) is 46.3 Å². The molecular weight excluding hydrogens is 298 g/mol. The number of H-pyrrole nitrogens is 1. The minimum atomic E-state index is -0.0985. The second-order valence-electron chi connectivity index (χ2n) is 6.34. The number of ether oxygens (including phenoxy) is 1. The number of hydrogen-bond acceptors (Lipinski definition) is 5. The van der Waals surface area contributed by atoms with Crippen LogP contribution in [0.3, 0.4) is 0 Å². The highest BCUT2D eigenvalue weighted by Crippen LogP contribution is 2.26. The van der Waals surface area contributed by atoms with Gasteiger partial charge in [-0.2, -0.15) is 0 Å². The molecule has 0 amide bonds. The first-order valence-corrected chi connectivity index (χ1v) is 8.59. The van der Waals surface area contributed by atoms with Crippen molar-refractivity contribution in [3.63, 3.8) is 0 Å². The molecular formula is C16H23N3O2S. The number of aromatic amines is 1. The number of nitrogens with zero attached hydrogens (tertiary/aromatic N) is 2. The monoisotopic (exact) mass is 321 g/mol. The summed E-state index contributed by atoms with van der Waals surface area (Å²) in [5.74, 6) is 0.749. The minimum absolute atomic E-state index is 0.0200. The van der Waals surface area contributed by atoms with E-state index in [0.29, 0.717) is 6.54 Å². The Balaban J connectivity index is 1.87. The highest BCUT2D eigenvalue weighted by molar-refractivity contribution is 7.18. The number of aryl methyl sites for hydroxylation is 2. The molecule has 2 aromatic rings. The SMILES string of the molecule is CCC1(C)CN(Cc2nc3sc(C)c(C)c3c(=O)[nH]2)CCO1. The Hall–Kier alpha value is -1.24. The third-order valence-corrected chi connectivity index (χ3v) is 5.73. The summed E-state index contributed by atoms with van der Waals surface area (Å²) in [7, 11) is 0. The molecule has 1 N–H and O–H groups in total. The van der Waals surface area contributed by atoms with Crippen molar-refractivity contribution >= 4 is 21.6 Å². The van der Waals surface area contributed by atoms with Gasteiger partial charge in [-0.3, -0.25) is 9.69 Å². The zero-order valence-corrected chi connectivity index (χ0v) is 14.5. The predicted octanol–water partition coefficient (Wildman–Crippen LogP) is 2.60. The molecule has 0 saturated carbocycles. The molecule has 3 heterocycles. The standard InChI is InChI=1S/C16H23N3O2S/c1-5-16(4)9-19(6-7-21-16)8-12-17-14(20)13-10(2)11(3)22-15(13)18-12/h5-9H2,1-4H3,(H,17,18,20). The lowest BCUT2D eigenvalue weighted by Crippen LogP contribution is -2.49. The van der Waals surface area contributed by atoms with Crippen LogP contribution in [0.4, 0.5) is 0 Å². The molecule has 0 aliphatic carbocycles. The molecule has 1 aliphatic rings. The van der Waals surface area contributed by atoms with Crippen LogP contribution in [0, 0.1) is 13.8 Å². The second kappa shape index (κ2) is 5.76. The number of fused-ring (bicyclic) bond motifs is 1. The average molecular weight is 321 g/mol. The van der Waals surface area contributed by atoms with E-state index in [1.807, 2.05) is 13.8 Å². The van der Waals surface area contributed by atoms with Crippen molar-refractivity contribution in [1.29, 1.82) is 0 Å². The van der Waals surface area contributed by atoms with Crippen LogP contribution >= 0.6 is 11.3 Å². The van der Waals surface area contributed by atoms with Crippen LogP contribution in [-0.2, 0) is 11.3 Å². The predicted molar refractivity (Wildman–Crippen MR) is 89.6 cm³/mol. The normalized spacial score (nSPS) is 23.3. The molecule has 0 bridgehead atoms. The van der Waals surface area contributed by atoms with E-state index in [1.165, 1.54) is 0 Å². The maximum Gasteiger partial charge on any atom is 0.259 e. The Morgan fingerprint density at radius 1 is 1.45 bits per heavy atom.